The van der Waals surface area contributed by atoms with E-state index in [4.69, 9.17) is 18.9 Å². The maximum Gasteiger partial charge on any atom is 0.361 e. The van der Waals surface area contributed by atoms with Gasteiger partial charge in [-0.25, -0.2) is 4.79 Å². The summed E-state index contributed by atoms with van der Waals surface area (Å²) >= 11 is 0. The van der Waals surface area contributed by atoms with E-state index in [2.05, 4.69) is 123 Å². The second-order valence-electron chi connectivity index (χ2n) is 23.7. The monoisotopic (exact) mass is 1160 g/mol. The van der Waals surface area contributed by atoms with Crippen molar-refractivity contribution >= 4 is 17.9 Å². The maximum absolute atomic E-state index is 12.9. The lowest BCUT2D eigenvalue weighted by Crippen LogP contribution is -2.40. The third kappa shape index (κ3) is 65.3. The molecule has 1 N–H and O–H groups in total. The quantitative estimate of drug-likeness (QED) is 0.0211. The topological polar surface area (TPSA) is 108 Å². The highest BCUT2D eigenvalue weighted by Crippen LogP contribution is 2.17. The van der Waals surface area contributed by atoms with Gasteiger partial charge >= 0.3 is 17.9 Å². The summed E-state index contributed by atoms with van der Waals surface area (Å²) < 4.78 is 23.0. The van der Waals surface area contributed by atoms with Crippen molar-refractivity contribution in [1.82, 2.24) is 0 Å². The number of ether oxygens (including phenoxy) is 4. The summed E-state index contributed by atoms with van der Waals surface area (Å²) in [5.41, 5.74) is 0. The molecule has 0 spiro atoms. The molecule has 0 aromatic rings. The zero-order valence-electron chi connectivity index (χ0n) is 54.3. The normalized spacial score (nSPS) is 13.4. The van der Waals surface area contributed by atoms with Crippen molar-refractivity contribution in [3.8, 4) is 0 Å². The van der Waals surface area contributed by atoms with Crippen LogP contribution in [0, 0.1) is 0 Å². The molecule has 0 aliphatic heterocycles. The predicted molar refractivity (Wildman–Crippen MR) is 355 cm³/mol. The van der Waals surface area contributed by atoms with E-state index in [0.717, 1.165) is 96.3 Å². The van der Waals surface area contributed by atoms with Crippen LogP contribution in [0.15, 0.2) is 109 Å². The number of carbonyl (C=O) groups is 3. The van der Waals surface area contributed by atoms with Gasteiger partial charge in [-0.05, 0) is 103 Å². The lowest BCUT2D eigenvalue weighted by Gasteiger charge is -2.25. The standard InChI is InChI=1S/C74H127NO8/c1-6-8-10-12-14-16-18-20-22-24-26-28-30-32-34-36-38-40-42-44-46-48-50-52-54-56-58-60-62-64-71(76)81-68-70(69-82-74(73(78)79)80-67-66-75(3,4)5)83-72(77)65-63-61-59-57-55-53-51-49-47-45-43-41-39-37-35-33-31-29-27-25-23-21-19-17-15-13-11-9-7-2/h9,11,15,17-18,20-21,23-24,26-27,29-30,32-33,35,39,41,70,74H,6-8,10,12-14,16,19,22,25,28,31,34,36-38,40,42-69H2,1-5H3/p+1/b11-9-,17-15-,20-18-,23-21-,26-24-,29-27-,32-30-,35-33-,41-39-. The molecule has 0 aromatic carbocycles. The van der Waals surface area contributed by atoms with E-state index in [1.165, 1.54) is 154 Å². The fourth-order valence-electron chi connectivity index (χ4n) is 9.32. The first-order valence-electron chi connectivity index (χ1n) is 34.1. The Morgan fingerprint density at radius 1 is 0.373 bits per heavy atom. The molecule has 0 heterocycles. The van der Waals surface area contributed by atoms with Gasteiger partial charge in [-0.2, -0.15) is 0 Å². The van der Waals surface area contributed by atoms with E-state index >= 15 is 0 Å². The van der Waals surface area contributed by atoms with E-state index in [0.29, 0.717) is 23.9 Å². The number of nitrogens with zero attached hydrogens (tertiary/aromatic N) is 1. The van der Waals surface area contributed by atoms with Gasteiger partial charge in [0.25, 0.3) is 6.29 Å². The van der Waals surface area contributed by atoms with Crippen LogP contribution in [0.2, 0.25) is 0 Å². The molecule has 2 unspecified atom stereocenters. The molecule has 9 heteroatoms. The zero-order chi connectivity index (χ0) is 60.5. The number of rotatable bonds is 62. The summed E-state index contributed by atoms with van der Waals surface area (Å²) in [6.07, 6.45) is 86.1. The lowest BCUT2D eigenvalue weighted by molar-refractivity contribution is -0.870. The predicted octanol–water partition coefficient (Wildman–Crippen LogP) is 21.0. The van der Waals surface area contributed by atoms with Gasteiger partial charge in [0, 0.05) is 12.8 Å². The Morgan fingerprint density at radius 3 is 1.02 bits per heavy atom. The molecule has 476 valence electrons. The Balaban J connectivity index is 4.17. The molecule has 0 aromatic heterocycles. The highest BCUT2D eigenvalue weighted by Gasteiger charge is 2.25. The van der Waals surface area contributed by atoms with Crippen molar-refractivity contribution in [2.75, 3.05) is 47.5 Å². The first kappa shape index (κ1) is 79.0. The number of carboxylic acid groups (broad SMARTS) is 1. The van der Waals surface area contributed by atoms with Crippen LogP contribution in [0.1, 0.15) is 284 Å². The molecule has 0 saturated heterocycles. The lowest BCUT2D eigenvalue weighted by atomic mass is 10.0. The zero-order valence-corrected chi connectivity index (χ0v) is 54.3. The van der Waals surface area contributed by atoms with E-state index in [1.807, 2.05) is 21.1 Å². The number of hydrogen-bond donors (Lipinski definition) is 1. The largest absolute Gasteiger partial charge is 0.477 e. The number of unbranched alkanes of at least 4 members (excludes halogenated alkanes) is 29. The minimum atomic E-state index is -1.52. The average Bonchev–Trinajstić information content (AvgIpc) is 3.46. The third-order valence-electron chi connectivity index (χ3n) is 14.5. The van der Waals surface area contributed by atoms with Gasteiger partial charge in [0.2, 0.25) is 0 Å². The molecule has 9 nitrogen and oxygen atoms in total. The molecule has 0 aliphatic carbocycles. The fraction of sp³-hybridized carbons (Fsp3) is 0.716. The molecule has 83 heavy (non-hydrogen) atoms. The number of quaternary nitrogens is 1. The van der Waals surface area contributed by atoms with Crippen LogP contribution in [0.4, 0.5) is 0 Å². The maximum atomic E-state index is 12.9. The Bertz CT molecular complexity index is 1730. The Hall–Kier alpha value is -4.05. The van der Waals surface area contributed by atoms with Crippen molar-refractivity contribution in [3.05, 3.63) is 109 Å². The van der Waals surface area contributed by atoms with E-state index in [-0.39, 0.29) is 32.2 Å². The molecular formula is C74H128NO8+. The summed E-state index contributed by atoms with van der Waals surface area (Å²) in [7, 11) is 5.97. The van der Waals surface area contributed by atoms with Gasteiger partial charge in [0.1, 0.15) is 13.2 Å². The van der Waals surface area contributed by atoms with Crippen LogP contribution in [-0.2, 0) is 33.3 Å². The summed E-state index contributed by atoms with van der Waals surface area (Å²) in [6.45, 7) is 4.76. The van der Waals surface area contributed by atoms with Gasteiger partial charge in [-0.15, -0.1) is 0 Å². The van der Waals surface area contributed by atoms with E-state index in [1.54, 1.807) is 0 Å². The second-order valence-corrected chi connectivity index (χ2v) is 23.7. The molecule has 0 rings (SSSR count). The number of carbonyl (C=O) groups excluding carboxylic acids is 2. The van der Waals surface area contributed by atoms with Crippen LogP contribution in [0.3, 0.4) is 0 Å². The van der Waals surface area contributed by atoms with Gasteiger partial charge in [-0.1, -0.05) is 277 Å². The number of esters is 2. The molecule has 0 bridgehead atoms. The molecule has 0 aliphatic rings. The van der Waals surface area contributed by atoms with Gasteiger partial charge < -0.3 is 28.5 Å². The molecule has 0 saturated carbocycles. The number of carboxylic acids is 1. The minimum absolute atomic E-state index is 0.182. The molecule has 0 radical (unpaired) electrons. The van der Waals surface area contributed by atoms with Gasteiger partial charge in [0.15, 0.2) is 6.10 Å². The number of aliphatic carboxylic acids is 1. The van der Waals surface area contributed by atoms with Crippen LogP contribution in [0.5, 0.6) is 0 Å². The van der Waals surface area contributed by atoms with Crippen molar-refractivity contribution < 1.29 is 42.9 Å². The first-order valence-corrected chi connectivity index (χ1v) is 34.1. The first-order chi connectivity index (χ1) is 40.6. The van der Waals surface area contributed by atoms with Crippen LogP contribution in [0.25, 0.3) is 0 Å². The van der Waals surface area contributed by atoms with Gasteiger partial charge in [0.05, 0.1) is 34.4 Å². The molecule has 2 atom stereocenters. The summed E-state index contributed by atoms with van der Waals surface area (Å²) in [4.78, 5) is 37.6. The highest BCUT2D eigenvalue weighted by molar-refractivity contribution is 5.71. The summed E-state index contributed by atoms with van der Waals surface area (Å²) in [5, 5.41) is 9.74. The highest BCUT2D eigenvalue weighted by atomic mass is 16.7. The van der Waals surface area contributed by atoms with Crippen LogP contribution >= 0.6 is 0 Å². The Morgan fingerprint density at radius 2 is 0.687 bits per heavy atom. The average molecular weight is 1160 g/mol. The molecular weight excluding hydrogens is 1030 g/mol. The third-order valence-corrected chi connectivity index (χ3v) is 14.5. The SMILES string of the molecule is CC/C=C\C/C=C\C/C=C\C/C=C\C/C=C\C/C=C\CCCCCCCCCCCCC(=O)OC(COC(=O)CCCCCCCCCCCCCCCC/C=C\C/C=C\C/C=C\CCCCCCC)COC(OCC[N+](C)(C)C)C(=O)O. The summed E-state index contributed by atoms with van der Waals surface area (Å²) in [6, 6.07) is 0. The number of likely N-dealkylation sites (N-methyl/N-ethyl adjacent to an activating group) is 1. The second kappa shape index (κ2) is 64.0. The number of allylic oxidation sites excluding steroid dienone is 18. The Kier molecular flexibility index (Phi) is 60.8. The van der Waals surface area contributed by atoms with Crippen molar-refractivity contribution in [2.45, 2.75) is 296 Å². The minimum Gasteiger partial charge on any atom is -0.477 e. The fourth-order valence-corrected chi connectivity index (χ4v) is 9.32. The summed E-state index contributed by atoms with van der Waals surface area (Å²) in [5.74, 6) is -2.01. The van der Waals surface area contributed by atoms with Crippen molar-refractivity contribution in [3.63, 3.8) is 0 Å². The smallest absolute Gasteiger partial charge is 0.361 e. The van der Waals surface area contributed by atoms with Crippen molar-refractivity contribution in [2.24, 2.45) is 0 Å². The van der Waals surface area contributed by atoms with Gasteiger partial charge in [-0.3, -0.25) is 9.59 Å². The molecule has 0 fully saturated rings. The van der Waals surface area contributed by atoms with Crippen LogP contribution in [-0.4, -0.2) is 87.4 Å². The Labute approximate surface area is 511 Å². The van der Waals surface area contributed by atoms with E-state index < -0.39 is 24.3 Å². The van der Waals surface area contributed by atoms with Crippen molar-refractivity contribution in [1.29, 1.82) is 0 Å². The molecule has 0 amide bonds. The van der Waals surface area contributed by atoms with Crippen LogP contribution < -0.4 is 0 Å². The van der Waals surface area contributed by atoms with E-state index in [9.17, 15) is 19.5 Å². The number of hydrogen-bond acceptors (Lipinski definition) is 7.